The van der Waals surface area contributed by atoms with Gasteiger partial charge < -0.3 is 44.5 Å². The molecular formula is C28H36N2O10. The Labute approximate surface area is 232 Å². The summed E-state index contributed by atoms with van der Waals surface area (Å²) in [6, 6.07) is 18.7. The fourth-order valence-corrected chi connectivity index (χ4v) is 3.99. The highest BCUT2D eigenvalue weighted by molar-refractivity contribution is 5.66. The van der Waals surface area contributed by atoms with Crippen molar-refractivity contribution in [2.75, 3.05) is 13.2 Å². The van der Waals surface area contributed by atoms with Crippen molar-refractivity contribution in [2.45, 2.75) is 69.2 Å². The first-order valence-electron chi connectivity index (χ1n) is 12.8. The van der Waals surface area contributed by atoms with Crippen molar-refractivity contribution in [2.24, 2.45) is 9.98 Å². The van der Waals surface area contributed by atoms with E-state index >= 15 is 0 Å². The predicted molar refractivity (Wildman–Crippen MR) is 143 cm³/mol. The maximum atomic E-state index is 11.6. The third kappa shape index (κ3) is 9.54. The SMILES string of the molecule is CC(=O)O[C@H]1[C@@H](O)[C@H](CO)O[C@H](O[C@@H](C=NCc2ccccc2)[C@@H](CO)O[C@H](O)C=NCc2ccccc2)[C@@H]1O. The molecule has 12 heteroatoms. The molecule has 8 atom stereocenters. The fraction of sp³-hybridized carbons (Fsp3) is 0.464. The number of hydrogen-bond donors (Lipinski definition) is 5. The smallest absolute Gasteiger partial charge is 0.303 e. The first-order chi connectivity index (χ1) is 19.3. The molecule has 3 rings (SSSR count). The topological polar surface area (TPSA) is 180 Å². The van der Waals surface area contributed by atoms with Crippen molar-refractivity contribution < 1.29 is 49.3 Å². The Hall–Kier alpha value is -3.07. The number of ether oxygens (including phenoxy) is 4. The van der Waals surface area contributed by atoms with Gasteiger partial charge >= 0.3 is 5.97 Å². The molecule has 1 fully saturated rings. The number of aliphatic hydroxyl groups is 5. The van der Waals surface area contributed by atoms with Crippen molar-refractivity contribution in [3.05, 3.63) is 71.8 Å². The molecule has 1 aliphatic rings. The molecule has 1 saturated heterocycles. The largest absolute Gasteiger partial charge is 0.457 e. The molecule has 1 aliphatic heterocycles. The molecule has 1 heterocycles. The average molecular weight is 561 g/mol. The molecule has 0 aliphatic carbocycles. The molecule has 40 heavy (non-hydrogen) atoms. The van der Waals surface area contributed by atoms with E-state index < -0.39 is 68.4 Å². The summed E-state index contributed by atoms with van der Waals surface area (Å²) in [5.41, 5.74) is 1.81. The van der Waals surface area contributed by atoms with Gasteiger partial charge in [0.2, 0.25) is 0 Å². The molecule has 0 saturated carbocycles. The number of aliphatic hydroxyl groups excluding tert-OH is 5. The van der Waals surface area contributed by atoms with Gasteiger partial charge in [-0.1, -0.05) is 60.7 Å². The van der Waals surface area contributed by atoms with E-state index in [1.165, 1.54) is 12.4 Å². The third-order valence-electron chi connectivity index (χ3n) is 5.99. The van der Waals surface area contributed by atoms with Gasteiger partial charge in [0.1, 0.15) is 30.5 Å². The number of carbonyl (C=O) groups excluding carboxylic acids is 1. The Bertz CT molecular complexity index is 1070. The van der Waals surface area contributed by atoms with E-state index in [2.05, 4.69) is 9.98 Å². The van der Waals surface area contributed by atoms with E-state index in [0.717, 1.165) is 18.1 Å². The van der Waals surface area contributed by atoms with Crippen molar-refractivity contribution in [1.82, 2.24) is 0 Å². The van der Waals surface area contributed by atoms with Gasteiger partial charge in [-0.25, -0.2) is 0 Å². The maximum Gasteiger partial charge on any atom is 0.303 e. The lowest BCUT2D eigenvalue weighted by Crippen LogP contribution is -2.61. The van der Waals surface area contributed by atoms with Crippen LogP contribution in [0.4, 0.5) is 0 Å². The average Bonchev–Trinajstić information content (AvgIpc) is 2.95. The van der Waals surface area contributed by atoms with Crippen LogP contribution in [-0.4, -0.2) is 106 Å². The van der Waals surface area contributed by atoms with Crippen LogP contribution in [0.1, 0.15) is 18.1 Å². The van der Waals surface area contributed by atoms with E-state index in [9.17, 15) is 30.3 Å². The Kier molecular flexibility index (Phi) is 12.8. The predicted octanol–water partition coefficient (Wildman–Crippen LogP) is -0.0198. The highest BCUT2D eigenvalue weighted by Gasteiger charge is 2.48. The number of nitrogens with zero attached hydrogens (tertiary/aromatic N) is 2. The van der Waals surface area contributed by atoms with Crippen LogP contribution in [0.15, 0.2) is 70.6 Å². The molecule has 0 spiro atoms. The standard InChI is InChI=1S/C28H36N2O10/c1-18(33)37-27-25(35)23(17-32)40-28(26(27)36)39-21(14-29-12-19-8-4-2-5-9-19)22(16-31)38-24(34)15-30-13-20-10-6-3-7-11-20/h2-11,14-15,21-28,31-32,34-36H,12-13,16-17H2,1H3/t21-,22+,23-,24-,25-,26+,27-,28-/m0/s1. The van der Waals surface area contributed by atoms with Crippen molar-refractivity contribution in [1.29, 1.82) is 0 Å². The van der Waals surface area contributed by atoms with Gasteiger partial charge in [0.15, 0.2) is 18.7 Å². The zero-order valence-corrected chi connectivity index (χ0v) is 22.0. The van der Waals surface area contributed by atoms with Crippen LogP contribution in [0.2, 0.25) is 0 Å². The van der Waals surface area contributed by atoms with Gasteiger partial charge in [-0.3, -0.25) is 14.8 Å². The molecular weight excluding hydrogens is 524 g/mol. The highest BCUT2D eigenvalue weighted by Crippen LogP contribution is 2.26. The normalized spacial score (nSPS) is 25.6. The van der Waals surface area contributed by atoms with Crippen LogP contribution in [-0.2, 0) is 36.8 Å². The lowest BCUT2D eigenvalue weighted by Gasteiger charge is -2.42. The lowest BCUT2D eigenvalue weighted by atomic mass is 9.99. The lowest BCUT2D eigenvalue weighted by molar-refractivity contribution is -0.315. The number of rotatable bonds is 14. The van der Waals surface area contributed by atoms with Crippen LogP contribution in [0.3, 0.4) is 0 Å². The zero-order chi connectivity index (χ0) is 28.9. The maximum absolute atomic E-state index is 11.6. The van der Waals surface area contributed by atoms with E-state index in [4.69, 9.17) is 18.9 Å². The Balaban J connectivity index is 1.76. The zero-order valence-electron chi connectivity index (χ0n) is 22.0. The Morgan fingerprint density at radius 2 is 1.52 bits per heavy atom. The molecule has 12 nitrogen and oxygen atoms in total. The number of carbonyl (C=O) groups is 1. The van der Waals surface area contributed by atoms with Gasteiger partial charge in [-0.15, -0.1) is 0 Å². The van der Waals surface area contributed by atoms with Crippen LogP contribution >= 0.6 is 0 Å². The second kappa shape index (κ2) is 16.3. The number of aliphatic imine (C=N–C) groups is 2. The first kappa shape index (κ1) is 31.5. The quantitative estimate of drug-likeness (QED) is 0.120. The van der Waals surface area contributed by atoms with Gasteiger partial charge in [-0.05, 0) is 11.1 Å². The number of hydrogen-bond acceptors (Lipinski definition) is 12. The second-order valence-corrected chi connectivity index (χ2v) is 9.08. The van der Waals surface area contributed by atoms with Crippen LogP contribution in [0.25, 0.3) is 0 Å². The monoisotopic (exact) mass is 560 g/mol. The van der Waals surface area contributed by atoms with Gasteiger partial charge in [0.25, 0.3) is 0 Å². The first-order valence-corrected chi connectivity index (χ1v) is 12.8. The molecule has 0 unspecified atom stereocenters. The molecule has 5 N–H and O–H groups in total. The molecule has 2 aromatic rings. The van der Waals surface area contributed by atoms with E-state index in [-0.39, 0.29) is 6.54 Å². The number of benzene rings is 2. The second-order valence-electron chi connectivity index (χ2n) is 9.08. The molecule has 0 radical (unpaired) electrons. The van der Waals surface area contributed by atoms with Crippen LogP contribution in [0, 0.1) is 0 Å². The highest BCUT2D eigenvalue weighted by atomic mass is 16.7. The summed E-state index contributed by atoms with van der Waals surface area (Å²) in [4.78, 5) is 20.1. The van der Waals surface area contributed by atoms with E-state index in [1.807, 2.05) is 60.7 Å². The summed E-state index contributed by atoms with van der Waals surface area (Å²) in [6.07, 6.45) is -8.84. The molecule has 2 aromatic carbocycles. The molecule has 0 bridgehead atoms. The molecule has 0 amide bonds. The van der Waals surface area contributed by atoms with Gasteiger partial charge in [-0.2, -0.15) is 0 Å². The van der Waals surface area contributed by atoms with Crippen molar-refractivity contribution >= 4 is 18.4 Å². The summed E-state index contributed by atoms with van der Waals surface area (Å²) in [7, 11) is 0. The van der Waals surface area contributed by atoms with Crippen molar-refractivity contribution in [3.8, 4) is 0 Å². The number of esters is 1. The van der Waals surface area contributed by atoms with Gasteiger partial charge in [0.05, 0.1) is 32.5 Å². The minimum atomic E-state index is -1.66. The summed E-state index contributed by atoms with van der Waals surface area (Å²) in [5, 5.41) is 51.3. The Morgan fingerprint density at radius 1 is 0.950 bits per heavy atom. The minimum Gasteiger partial charge on any atom is -0.457 e. The van der Waals surface area contributed by atoms with Crippen LogP contribution in [0.5, 0.6) is 0 Å². The Morgan fingerprint density at radius 3 is 2.05 bits per heavy atom. The van der Waals surface area contributed by atoms with E-state index in [0.29, 0.717) is 6.54 Å². The third-order valence-corrected chi connectivity index (χ3v) is 5.99. The summed E-state index contributed by atoms with van der Waals surface area (Å²) in [6.45, 7) is 0.368. The summed E-state index contributed by atoms with van der Waals surface area (Å²) in [5.74, 6) is -0.768. The minimum absolute atomic E-state index is 0.252. The van der Waals surface area contributed by atoms with Crippen molar-refractivity contribution in [3.63, 3.8) is 0 Å². The van der Waals surface area contributed by atoms with E-state index in [1.54, 1.807) is 0 Å². The summed E-state index contributed by atoms with van der Waals surface area (Å²) < 4.78 is 22.0. The summed E-state index contributed by atoms with van der Waals surface area (Å²) >= 11 is 0. The van der Waals surface area contributed by atoms with Crippen LogP contribution < -0.4 is 0 Å². The fourth-order valence-electron chi connectivity index (χ4n) is 3.99. The molecule has 0 aromatic heterocycles. The molecule has 218 valence electrons. The van der Waals surface area contributed by atoms with Gasteiger partial charge in [0, 0.05) is 13.1 Å².